The minimum atomic E-state index is -0.341. The fourth-order valence-corrected chi connectivity index (χ4v) is 3.07. The van der Waals surface area contributed by atoms with Crippen LogP contribution < -0.4 is 11.3 Å². The predicted octanol–water partition coefficient (Wildman–Crippen LogP) is 3.95. The van der Waals surface area contributed by atoms with Gasteiger partial charge >= 0.3 is 0 Å². The first-order valence-electron chi connectivity index (χ1n) is 6.64. The highest BCUT2D eigenvalue weighted by atomic mass is 35.5. The Bertz CT molecular complexity index is 389. The van der Waals surface area contributed by atoms with E-state index in [9.17, 15) is 4.39 Å². The molecule has 1 aliphatic rings. The second-order valence-corrected chi connectivity index (χ2v) is 5.45. The van der Waals surface area contributed by atoms with E-state index in [2.05, 4.69) is 5.43 Å². The van der Waals surface area contributed by atoms with Crippen LogP contribution in [-0.4, -0.2) is 0 Å². The van der Waals surface area contributed by atoms with Gasteiger partial charge in [0.05, 0.1) is 11.1 Å². The molecule has 1 atom stereocenters. The molecule has 18 heavy (non-hydrogen) atoms. The molecular formula is C14H20ClFN2. The van der Waals surface area contributed by atoms with Gasteiger partial charge in [0, 0.05) is 5.56 Å². The van der Waals surface area contributed by atoms with E-state index in [1.165, 1.54) is 25.7 Å². The summed E-state index contributed by atoms with van der Waals surface area (Å²) in [6.07, 6.45) is 7.13. The average Bonchev–Trinajstić information content (AvgIpc) is 2.64. The lowest BCUT2D eigenvalue weighted by atomic mass is 9.87. The largest absolute Gasteiger partial charge is 0.271 e. The van der Waals surface area contributed by atoms with Gasteiger partial charge in [-0.2, -0.15) is 0 Å². The minimum absolute atomic E-state index is 0.137. The lowest BCUT2D eigenvalue weighted by Gasteiger charge is -2.26. The second kappa shape index (κ2) is 6.50. The number of rotatable bonds is 3. The van der Waals surface area contributed by atoms with Gasteiger partial charge in [0.15, 0.2) is 0 Å². The summed E-state index contributed by atoms with van der Waals surface area (Å²) in [4.78, 5) is 0. The smallest absolute Gasteiger partial charge is 0.146 e. The molecule has 4 heteroatoms. The van der Waals surface area contributed by atoms with Gasteiger partial charge in [-0.1, -0.05) is 49.4 Å². The van der Waals surface area contributed by atoms with E-state index in [0.717, 1.165) is 12.8 Å². The summed E-state index contributed by atoms with van der Waals surface area (Å²) in [6, 6.07) is 4.99. The molecule has 0 spiro atoms. The molecule has 0 radical (unpaired) electrons. The monoisotopic (exact) mass is 270 g/mol. The number of nitrogens with one attached hydrogen (secondary N) is 1. The zero-order chi connectivity index (χ0) is 13.0. The molecule has 0 amide bonds. The third-order valence-electron chi connectivity index (χ3n) is 3.87. The van der Waals surface area contributed by atoms with Crippen molar-refractivity contribution in [1.29, 1.82) is 0 Å². The second-order valence-electron chi connectivity index (χ2n) is 5.04. The van der Waals surface area contributed by atoms with Crippen LogP contribution in [0.5, 0.6) is 0 Å². The van der Waals surface area contributed by atoms with E-state index < -0.39 is 0 Å². The van der Waals surface area contributed by atoms with Crippen LogP contribution in [0.4, 0.5) is 4.39 Å². The van der Waals surface area contributed by atoms with E-state index in [1.807, 2.05) is 0 Å². The fraction of sp³-hybridized carbons (Fsp3) is 0.571. The Kier molecular flexibility index (Phi) is 4.98. The van der Waals surface area contributed by atoms with Gasteiger partial charge < -0.3 is 0 Å². The normalized spacial score (nSPS) is 19.5. The van der Waals surface area contributed by atoms with Crippen LogP contribution in [-0.2, 0) is 0 Å². The van der Waals surface area contributed by atoms with Gasteiger partial charge in [-0.05, 0) is 24.8 Å². The molecule has 1 aliphatic carbocycles. The van der Waals surface area contributed by atoms with Crippen molar-refractivity contribution in [2.45, 2.75) is 44.6 Å². The summed E-state index contributed by atoms with van der Waals surface area (Å²) in [5.74, 6) is 5.70. The van der Waals surface area contributed by atoms with Crippen molar-refractivity contribution in [3.8, 4) is 0 Å². The third-order valence-corrected chi connectivity index (χ3v) is 4.16. The van der Waals surface area contributed by atoms with Crippen LogP contribution in [0.1, 0.15) is 50.1 Å². The zero-order valence-electron chi connectivity index (χ0n) is 10.5. The standard InChI is InChI=1S/C14H20ClFN2/c15-12-9-5-8-11(13(12)16)14(18-17)10-6-3-1-2-4-7-10/h5,8-10,14,18H,1-4,6-7,17H2. The van der Waals surface area contributed by atoms with Crippen LogP contribution in [0.2, 0.25) is 5.02 Å². The quantitative estimate of drug-likeness (QED) is 0.496. The number of nitrogens with two attached hydrogens (primary N) is 1. The van der Waals surface area contributed by atoms with Gasteiger partial charge in [-0.3, -0.25) is 11.3 Å². The van der Waals surface area contributed by atoms with Crippen molar-refractivity contribution in [1.82, 2.24) is 5.43 Å². The summed E-state index contributed by atoms with van der Waals surface area (Å²) in [7, 11) is 0. The first kappa shape index (κ1) is 13.8. The highest BCUT2D eigenvalue weighted by Crippen LogP contribution is 2.35. The first-order chi connectivity index (χ1) is 8.74. The van der Waals surface area contributed by atoms with E-state index >= 15 is 0 Å². The van der Waals surface area contributed by atoms with Crippen LogP contribution in [0.3, 0.4) is 0 Å². The highest BCUT2D eigenvalue weighted by Gasteiger charge is 2.26. The topological polar surface area (TPSA) is 38.0 Å². The van der Waals surface area contributed by atoms with Crippen molar-refractivity contribution in [2.75, 3.05) is 0 Å². The Balaban J connectivity index is 2.23. The maximum absolute atomic E-state index is 14.1. The number of hydrogen-bond donors (Lipinski definition) is 2. The van der Waals surface area contributed by atoms with Crippen LogP contribution in [0, 0.1) is 11.7 Å². The Labute approximate surface area is 113 Å². The predicted molar refractivity (Wildman–Crippen MR) is 72.7 cm³/mol. The fourth-order valence-electron chi connectivity index (χ4n) is 2.88. The summed E-state index contributed by atoms with van der Waals surface area (Å²) in [6.45, 7) is 0. The van der Waals surface area contributed by atoms with Gasteiger partial charge in [0.25, 0.3) is 0 Å². The van der Waals surface area contributed by atoms with Crippen molar-refractivity contribution >= 4 is 11.6 Å². The molecule has 2 nitrogen and oxygen atoms in total. The zero-order valence-corrected chi connectivity index (χ0v) is 11.2. The van der Waals surface area contributed by atoms with Crippen LogP contribution >= 0.6 is 11.6 Å². The van der Waals surface area contributed by atoms with Gasteiger partial charge in [-0.25, -0.2) is 4.39 Å². The van der Waals surface area contributed by atoms with Crippen molar-refractivity contribution in [3.63, 3.8) is 0 Å². The maximum Gasteiger partial charge on any atom is 0.146 e. The Hall–Kier alpha value is -0.640. The molecule has 0 aliphatic heterocycles. The lowest BCUT2D eigenvalue weighted by Crippen LogP contribution is -2.34. The molecule has 0 saturated heterocycles. The molecular weight excluding hydrogens is 251 g/mol. The molecule has 0 heterocycles. The molecule has 1 fully saturated rings. The summed E-state index contributed by atoms with van der Waals surface area (Å²) < 4.78 is 14.1. The molecule has 1 unspecified atom stereocenters. The molecule has 3 N–H and O–H groups in total. The summed E-state index contributed by atoms with van der Waals surface area (Å²) >= 11 is 5.84. The number of benzene rings is 1. The number of halogens is 2. The number of hydrogen-bond acceptors (Lipinski definition) is 2. The van der Waals surface area contributed by atoms with Gasteiger partial charge in [0.2, 0.25) is 0 Å². The number of hydrazine groups is 1. The Morgan fingerprint density at radius 2 is 1.89 bits per heavy atom. The maximum atomic E-state index is 14.1. The Morgan fingerprint density at radius 1 is 1.22 bits per heavy atom. The SMILES string of the molecule is NNC(c1cccc(Cl)c1F)C1CCCCCC1. The summed E-state index contributed by atoms with van der Waals surface area (Å²) in [5, 5.41) is 0.168. The van der Waals surface area contributed by atoms with Gasteiger partial charge in [-0.15, -0.1) is 0 Å². The van der Waals surface area contributed by atoms with E-state index in [-0.39, 0.29) is 16.9 Å². The molecule has 100 valence electrons. The van der Waals surface area contributed by atoms with E-state index in [4.69, 9.17) is 17.4 Å². The molecule has 2 rings (SSSR count). The van der Waals surface area contributed by atoms with Gasteiger partial charge in [0.1, 0.15) is 5.82 Å². The first-order valence-corrected chi connectivity index (χ1v) is 7.02. The van der Waals surface area contributed by atoms with Crippen LogP contribution in [0.25, 0.3) is 0 Å². The highest BCUT2D eigenvalue weighted by molar-refractivity contribution is 6.30. The van der Waals surface area contributed by atoms with E-state index in [0.29, 0.717) is 11.5 Å². The van der Waals surface area contributed by atoms with Crippen LogP contribution in [0.15, 0.2) is 18.2 Å². The Morgan fingerprint density at radius 3 is 2.50 bits per heavy atom. The average molecular weight is 271 g/mol. The molecule has 1 saturated carbocycles. The minimum Gasteiger partial charge on any atom is -0.271 e. The lowest BCUT2D eigenvalue weighted by molar-refractivity contribution is 0.321. The van der Waals surface area contributed by atoms with Crippen molar-refractivity contribution in [3.05, 3.63) is 34.6 Å². The molecule has 1 aromatic carbocycles. The van der Waals surface area contributed by atoms with Crippen molar-refractivity contribution < 1.29 is 4.39 Å². The van der Waals surface area contributed by atoms with Crippen molar-refractivity contribution in [2.24, 2.45) is 11.8 Å². The molecule has 0 aromatic heterocycles. The molecule has 0 bridgehead atoms. The molecule has 1 aromatic rings. The third kappa shape index (κ3) is 3.02. The summed E-state index contributed by atoms with van der Waals surface area (Å²) in [5.41, 5.74) is 3.38. The van der Waals surface area contributed by atoms with E-state index in [1.54, 1.807) is 18.2 Å².